The molecule has 3 N–H and O–H groups in total. The van der Waals surface area contributed by atoms with Crippen LogP contribution in [-0.4, -0.2) is 11.5 Å². The second-order valence-corrected chi connectivity index (χ2v) is 6.32. The zero-order chi connectivity index (χ0) is 13.5. The Morgan fingerprint density at radius 3 is 2.60 bits per heavy atom. The molecule has 0 radical (unpaired) electrons. The summed E-state index contributed by atoms with van der Waals surface area (Å²) in [5.74, 6) is 2.82. The molecule has 0 spiro atoms. The van der Waals surface area contributed by atoms with E-state index in [1.807, 2.05) is 24.4 Å². The maximum atomic E-state index is 6.03. The zero-order valence-corrected chi connectivity index (χ0v) is 11.7. The first-order chi connectivity index (χ1) is 9.83. The number of fused-ring (bicyclic) bond motifs is 1. The number of rotatable bonds is 5. The molecule has 1 aromatic heterocycles. The fourth-order valence-electron chi connectivity index (χ4n) is 3.33. The molecule has 2 aliphatic carbocycles. The van der Waals surface area contributed by atoms with E-state index in [1.165, 1.54) is 25.7 Å². The number of anilines is 2. The first kappa shape index (κ1) is 12.0. The minimum Gasteiger partial charge on any atom is -0.398 e. The van der Waals surface area contributed by atoms with Gasteiger partial charge >= 0.3 is 0 Å². The van der Waals surface area contributed by atoms with Crippen molar-refractivity contribution >= 4 is 22.3 Å². The average molecular weight is 267 g/mol. The average Bonchev–Trinajstić information content (AvgIpc) is 3.36. The Kier molecular flexibility index (Phi) is 2.79. The Bertz CT molecular complexity index is 617. The van der Waals surface area contributed by atoms with Crippen molar-refractivity contribution < 1.29 is 0 Å². The Morgan fingerprint density at radius 2 is 1.90 bits per heavy atom. The van der Waals surface area contributed by atoms with Gasteiger partial charge in [0.2, 0.25) is 0 Å². The molecule has 1 heterocycles. The Balaban J connectivity index is 1.57. The van der Waals surface area contributed by atoms with Crippen molar-refractivity contribution in [3.05, 3.63) is 30.5 Å². The number of nitrogens with two attached hydrogens (primary N) is 1. The molecule has 0 aliphatic heterocycles. The second-order valence-electron chi connectivity index (χ2n) is 6.32. The highest BCUT2D eigenvalue weighted by atomic mass is 14.9. The lowest BCUT2D eigenvalue weighted by molar-refractivity contribution is 0.428. The summed E-state index contributed by atoms with van der Waals surface area (Å²) in [5.41, 5.74) is 8.96. The summed E-state index contributed by atoms with van der Waals surface area (Å²) >= 11 is 0. The van der Waals surface area contributed by atoms with Crippen LogP contribution in [0.2, 0.25) is 0 Å². The molecule has 0 saturated heterocycles. The van der Waals surface area contributed by atoms with Gasteiger partial charge in [0.05, 0.1) is 11.2 Å². The quantitative estimate of drug-likeness (QED) is 0.813. The summed E-state index contributed by atoms with van der Waals surface area (Å²) in [5, 5.41) is 4.69. The third kappa shape index (κ3) is 2.21. The summed E-state index contributed by atoms with van der Waals surface area (Å²) < 4.78 is 0. The highest BCUT2D eigenvalue weighted by molar-refractivity contribution is 5.98. The number of aromatic nitrogens is 1. The summed E-state index contributed by atoms with van der Waals surface area (Å²) in [6.07, 6.45) is 7.58. The Labute approximate surface area is 119 Å². The van der Waals surface area contributed by atoms with Crippen molar-refractivity contribution in [1.82, 2.24) is 4.98 Å². The van der Waals surface area contributed by atoms with Crippen LogP contribution in [0.25, 0.3) is 10.9 Å². The third-order valence-electron chi connectivity index (χ3n) is 4.79. The molecule has 2 aliphatic rings. The van der Waals surface area contributed by atoms with Crippen molar-refractivity contribution in [2.45, 2.75) is 25.7 Å². The monoisotopic (exact) mass is 267 g/mol. The van der Waals surface area contributed by atoms with Gasteiger partial charge in [-0.3, -0.25) is 4.98 Å². The summed E-state index contributed by atoms with van der Waals surface area (Å²) in [6.45, 7) is 1.09. The predicted octanol–water partition coefficient (Wildman–Crippen LogP) is 3.67. The van der Waals surface area contributed by atoms with Gasteiger partial charge in [-0.15, -0.1) is 0 Å². The summed E-state index contributed by atoms with van der Waals surface area (Å²) in [7, 11) is 0. The van der Waals surface area contributed by atoms with E-state index in [1.54, 1.807) is 0 Å². The molecule has 3 nitrogen and oxygen atoms in total. The van der Waals surface area contributed by atoms with E-state index in [0.717, 1.165) is 46.6 Å². The SMILES string of the molecule is Nc1ccc(NCC(C2CC2)C2CC2)c2ncccc12. The van der Waals surface area contributed by atoms with Crippen molar-refractivity contribution in [2.75, 3.05) is 17.6 Å². The molecule has 2 fully saturated rings. The highest BCUT2D eigenvalue weighted by Crippen LogP contribution is 2.49. The number of benzene rings is 1. The van der Waals surface area contributed by atoms with E-state index >= 15 is 0 Å². The molecule has 0 atom stereocenters. The molecule has 1 aromatic carbocycles. The molecule has 2 aromatic rings. The molecule has 3 heteroatoms. The van der Waals surface area contributed by atoms with Crippen LogP contribution >= 0.6 is 0 Å². The molecule has 104 valence electrons. The lowest BCUT2D eigenvalue weighted by Crippen LogP contribution is -2.18. The number of nitrogens with one attached hydrogen (secondary N) is 1. The van der Waals surface area contributed by atoms with E-state index in [0.29, 0.717) is 0 Å². The molecule has 0 unspecified atom stereocenters. The van der Waals surface area contributed by atoms with Gasteiger partial charge in [0.15, 0.2) is 0 Å². The van der Waals surface area contributed by atoms with Gasteiger partial charge in [0, 0.05) is 23.8 Å². The fraction of sp³-hybridized carbons (Fsp3) is 0.471. The van der Waals surface area contributed by atoms with E-state index in [-0.39, 0.29) is 0 Å². The van der Waals surface area contributed by atoms with Crippen LogP contribution < -0.4 is 11.1 Å². The van der Waals surface area contributed by atoms with Gasteiger partial charge in [-0.25, -0.2) is 0 Å². The van der Waals surface area contributed by atoms with Crippen molar-refractivity contribution in [2.24, 2.45) is 17.8 Å². The smallest absolute Gasteiger partial charge is 0.0953 e. The van der Waals surface area contributed by atoms with Crippen molar-refractivity contribution in [3.63, 3.8) is 0 Å². The lowest BCUT2D eigenvalue weighted by Gasteiger charge is -2.18. The highest BCUT2D eigenvalue weighted by Gasteiger charge is 2.41. The molecular formula is C17H21N3. The van der Waals surface area contributed by atoms with Crippen LogP contribution in [0.3, 0.4) is 0 Å². The largest absolute Gasteiger partial charge is 0.398 e. The number of hydrogen-bond donors (Lipinski definition) is 2. The first-order valence-electron chi connectivity index (χ1n) is 7.70. The van der Waals surface area contributed by atoms with Gasteiger partial charge in [-0.1, -0.05) is 0 Å². The molecule has 0 amide bonds. The van der Waals surface area contributed by atoms with Crippen molar-refractivity contribution in [3.8, 4) is 0 Å². The van der Waals surface area contributed by atoms with E-state index in [9.17, 15) is 0 Å². The number of nitrogen functional groups attached to an aromatic ring is 1. The van der Waals surface area contributed by atoms with Gasteiger partial charge < -0.3 is 11.1 Å². The van der Waals surface area contributed by atoms with Crippen molar-refractivity contribution in [1.29, 1.82) is 0 Å². The summed E-state index contributed by atoms with van der Waals surface area (Å²) in [4.78, 5) is 4.50. The predicted molar refractivity (Wildman–Crippen MR) is 83.6 cm³/mol. The second kappa shape index (κ2) is 4.65. The first-order valence-corrected chi connectivity index (χ1v) is 7.70. The maximum Gasteiger partial charge on any atom is 0.0953 e. The van der Waals surface area contributed by atoms with Crippen LogP contribution in [0.4, 0.5) is 11.4 Å². The molecule has 4 rings (SSSR count). The third-order valence-corrected chi connectivity index (χ3v) is 4.79. The van der Waals surface area contributed by atoms with Gasteiger partial charge in [0.1, 0.15) is 0 Å². The van der Waals surface area contributed by atoms with Crippen LogP contribution in [0.15, 0.2) is 30.5 Å². The minimum atomic E-state index is 0.805. The number of nitrogens with zero attached hydrogens (tertiary/aromatic N) is 1. The number of hydrogen-bond acceptors (Lipinski definition) is 3. The molecule has 20 heavy (non-hydrogen) atoms. The Hall–Kier alpha value is -1.77. The molecule has 2 saturated carbocycles. The zero-order valence-electron chi connectivity index (χ0n) is 11.7. The van der Waals surface area contributed by atoms with E-state index < -0.39 is 0 Å². The topological polar surface area (TPSA) is 50.9 Å². The summed E-state index contributed by atoms with van der Waals surface area (Å²) in [6, 6.07) is 8.04. The van der Waals surface area contributed by atoms with E-state index in [4.69, 9.17) is 5.73 Å². The van der Waals surface area contributed by atoms with Crippen LogP contribution in [-0.2, 0) is 0 Å². The molecular weight excluding hydrogens is 246 g/mol. The Morgan fingerprint density at radius 1 is 1.15 bits per heavy atom. The van der Waals surface area contributed by atoms with Gasteiger partial charge in [-0.2, -0.15) is 0 Å². The normalized spacial score (nSPS) is 18.6. The van der Waals surface area contributed by atoms with E-state index in [2.05, 4.69) is 16.4 Å². The van der Waals surface area contributed by atoms with Crippen LogP contribution in [0, 0.1) is 17.8 Å². The lowest BCUT2D eigenvalue weighted by atomic mass is 9.98. The standard InChI is InChI=1S/C17H21N3/c18-15-7-8-16(17-13(15)2-1-9-19-17)20-10-14(11-3-4-11)12-5-6-12/h1-2,7-9,11-12,14,20H,3-6,10,18H2. The van der Waals surface area contributed by atoms with Crippen LogP contribution in [0.1, 0.15) is 25.7 Å². The fourth-order valence-corrected chi connectivity index (χ4v) is 3.33. The number of pyridine rings is 1. The van der Waals surface area contributed by atoms with Crippen LogP contribution in [0.5, 0.6) is 0 Å². The molecule has 0 bridgehead atoms. The maximum absolute atomic E-state index is 6.03. The van der Waals surface area contributed by atoms with Gasteiger partial charge in [-0.05, 0) is 67.7 Å². The minimum absolute atomic E-state index is 0.805. The van der Waals surface area contributed by atoms with Gasteiger partial charge in [0.25, 0.3) is 0 Å².